The predicted molar refractivity (Wildman–Crippen MR) is 81.2 cm³/mol. The molecule has 8 heteroatoms. The summed E-state index contributed by atoms with van der Waals surface area (Å²) in [6, 6.07) is 2.91. The van der Waals surface area contributed by atoms with E-state index < -0.39 is 29.2 Å². The molecule has 0 spiro atoms. The van der Waals surface area contributed by atoms with Gasteiger partial charge in [0.2, 0.25) is 0 Å². The number of carbonyl (C=O) groups is 2. The molecule has 1 fully saturated rings. The molecule has 1 aromatic rings. The molecule has 0 aromatic heterocycles. The summed E-state index contributed by atoms with van der Waals surface area (Å²) in [5.41, 5.74) is -1.60. The van der Waals surface area contributed by atoms with Crippen molar-refractivity contribution in [2.45, 2.75) is 44.4 Å². The molecule has 1 aliphatic rings. The van der Waals surface area contributed by atoms with Crippen LogP contribution in [0.15, 0.2) is 18.2 Å². The molecule has 1 aromatic carbocycles. The molecule has 5 nitrogen and oxygen atoms in total. The van der Waals surface area contributed by atoms with Gasteiger partial charge >= 0.3 is 18.0 Å². The summed E-state index contributed by atoms with van der Waals surface area (Å²) < 4.78 is 38.1. The van der Waals surface area contributed by atoms with E-state index in [1.165, 1.54) is 13.0 Å². The highest BCUT2D eigenvalue weighted by Crippen LogP contribution is 2.32. The molecule has 0 bridgehead atoms. The number of benzene rings is 1. The van der Waals surface area contributed by atoms with Crippen molar-refractivity contribution in [3.05, 3.63) is 29.3 Å². The second kappa shape index (κ2) is 6.80. The van der Waals surface area contributed by atoms with Crippen LogP contribution < -0.4 is 10.6 Å². The molecule has 24 heavy (non-hydrogen) atoms. The molecular weight excluding hydrogens is 325 g/mol. The van der Waals surface area contributed by atoms with Gasteiger partial charge in [-0.15, -0.1) is 0 Å². The normalized spacial score (nSPS) is 16.7. The maximum atomic E-state index is 12.7. The van der Waals surface area contributed by atoms with Gasteiger partial charge < -0.3 is 15.7 Å². The number of hydrogen-bond donors (Lipinski definition) is 3. The lowest BCUT2D eigenvalue weighted by molar-refractivity contribution is -0.137. The third-order valence-corrected chi connectivity index (χ3v) is 4.13. The Morgan fingerprint density at radius 3 is 2.42 bits per heavy atom. The van der Waals surface area contributed by atoms with Gasteiger partial charge in [-0.3, -0.25) is 9.59 Å². The van der Waals surface area contributed by atoms with Crippen molar-refractivity contribution in [3.8, 4) is 0 Å². The maximum absolute atomic E-state index is 12.7. The van der Waals surface area contributed by atoms with Crippen LogP contribution in [-0.4, -0.2) is 29.1 Å². The molecule has 1 aliphatic carbocycles. The van der Waals surface area contributed by atoms with Crippen LogP contribution in [0.2, 0.25) is 0 Å². The van der Waals surface area contributed by atoms with E-state index in [-0.39, 0.29) is 12.2 Å². The minimum atomic E-state index is -4.54. The van der Waals surface area contributed by atoms with Gasteiger partial charge in [-0.1, -0.05) is 18.9 Å². The highest BCUT2D eigenvalue weighted by molar-refractivity contribution is 6.39. The molecule has 0 atom stereocenters. The topological polar surface area (TPSA) is 78.4 Å². The summed E-state index contributed by atoms with van der Waals surface area (Å²) in [5.74, 6) is -2.06. The van der Waals surface area contributed by atoms with Crippen molar-refractivity contribution in [2.24, 2.45) is 0 Å². The van der Waals surface area contributed by atoms with Crippen LogP contribution in [0.1, 0.15) is 36.8 Å². The van der Waals surface area contributed by atoms with E-state index in [0.29, 0.717) is 18.4 Å². The lowest BCUT2D eigenvalue weighted by Gasteiger charge is -2.22. The van der Waals surface area contributed by atoms with Crippen LogP contribution in [0.3, 0.4) is 0 Å². The zero-order valence-corrected chi connectivity index (χ0v) is 13.2. The number of amides is 2. The van der Waals surface area contributed by atoms with Crippen molar-refractivity contribution >= 4 is 17.5 Å². The lowest BCUT2D eigenvalue weighted by Crippen LogP contribution is -2.44. The van der Waals surface area contributed by atoms with Gasteiger partial charge in [0, 0.05) is 12.2 Å². The third-order valence-electron chi connectivity index (χ3n) is 4.13. The number of halogens is 3. The number of anilines is 1. The molecule has 3 N–H and O–H groups in total. The number of carbonyl (C=O) groups excluding carboxylic acids is 2. The fraction of sp³-hybridized carbons (Fsp3) is 0.500. The Morgan fingerprint density at radius 1 is 1.21 bits per heavy atom. The van der Waals surface area contributed by atoms with Crippen LogP contribution in [0.4, 0.5) is 18.9 Å². The Morgan fingerprint density at radius 2 is 1.83 bits per heavy atom. The summed E-state index contributed by atoms with van der Waals surface area (Å²) in [6.45, 7) is 1.47. The maximum Gasteiger partial charge on any atom is 0.416 e. The molecule has 0 unspecified atom stereocenters. The Labute approximate surface area is 137 Å². The number of aryl methyl sites for hydroxylation is 1. The molecular formula is C16H19F3N2O3. The molecule has 1 saturated carbocycles. The molecule has 0 radical (unpaired) electrons. The fourth-order valence-electron chi connectivity index (χ4n) is 2.65. The van der Waals surface area contributed by atoms with E-state index in [0.717, 1.165) is 25.0 Å². The van der Waals surface area contributed by atoms with Gasteiger partial charge in [-0.05, 0) is 37.5 Å². The van der Waals surface area contributed by atoms with Crippen LogP contribution in [-0.2, 0) is 15.8 Å². The fourth-order valence-corrected chi connectivity index (χ4v) is 2.65. The van der Waals surface area contributed by atoms with Gasteiger partial charge in [0.1, 0.15) is 0 Å². The number of hydrogen-bond acceptors (Lipinski definition) is 3. The van der Waals surface area contributed by atoms with Crippen molar-refractivity contribution in [3.63, 3.8) is 0 Å². The van der Waals surface area contributed by atoms with Gasteiger partial charge in [-0.25, -0.2) is 0 Å². The highest BCUT2D eigenvalue weighted by atomic mass is 19.4. The predicted octanol–water partition coefficient (Wildman–Crippen LogP) is 2.37. The first-order chi connectivity index (χ1) is 11.1. The molecule has 0 heterocycles. The smallest absolute Gasteiger partial charge is 0.388 e. The van der Waals surface area contributed by atoms with Crippen LogP contribution in [0, 0.1) is 6.92 Å². The first kappa shape index (κ1) is 18.3. The number of rotatable bonds is 3. The average molecular weight is 344 g/mol. The second-order valence-electron chi connectivity index (χ2n) is 6.10. The SMILES string of the molecule is Cc1ccc(C(F)(F)F)cc1NC(=O)C(=O)NCC1(O)CCCC1. The van der Waals surface area contributed by atoms with Crippen molar-refractivity contribution in [1.82, 2.24) is 5.32 Å². The Kier molecular flexibility index (Phi) is 5.17. The molecule has 0 aliphatic heterocycles. The van der Waals surface area contributed by atoms with E-state index in [9.17, 15) is 27.9 Å². The molecule has 2 amide bonds. The zero-order chi connectivity index (χ0) is 18.0. The highest BCUT2D eigenvalue weighted by Gasteiger charge is 2.33. The summed E-state index contributed by atoms with van der Waals surface area (Å²) in [7, 11) is 0. The molecule has 0 saturated heterocycles. The summed E-state index contributed by atoms with van der Waals surface area (Å²) in [6.07, 6.45) is -1.76. The second-order valence-corrected chi connectivity index (χ2v) is 6.10. The van der Waals surface area contributed by atoms with Crippen LogP contribution in [0.5, 0.6) is 0 Å². The summed E-state index contributed by atoms with van der Waals surface area (Å²) in [4.78, 5) is 23.6. The summed E-state index contributed by atoms with van der Waals surface area (Å²) in [5, 5.41) is 14.6. The Balaban J connectivity index is 1.99. The monoisotopic (exact) mass is 344 g/mol. The van der Waals surface area contributed by atoms with Gasteiger partial charge in [0.15, 0.2) is 0 Å². The van der Waals surface area contributed by atoms with E-state index in [1.54, 1.807) is 0 Å². The van der Waals surface area contributed by atoms with Gasteiger partial charge in [0.25, 0.3) is 0 Å². The average Bonchev–Trinajstić information content (AvgIpc) is 2.93. The largest absolute Gasteiger partial charge is 0.416 e. The van der Waals surface area contributed by atoms with Crippen molar-refractivity contribution in [2.75, 3.05) is 11.9 Å². The van der Waals surface area contributed by atoms with E-state index in [2.05, 4.69) is 10.6 Å². The Bertz CT molecular complexity index is 638. The quantitative estimate of drug-likeness (QED) is 0.737. The zero-order valence-electron chi connectivity index (χ0n) is 13.2. The summed E-state index contributed by atoms with van der Waals surface area (Å²) >= 11 is 0. The number of aliphatic hydroxyl groups is 1. The van der Waals surface area contributed by atoms with E-state index in [4.69, 9.17) is 0 Å². The van der Waals surface area contributed by atoms with Crippen molar-refractivity contribution in [1.29, 1.82) is 0 Å². The minimum absolute atomic E-state index is 0.0547. The first-order valence-corrected chi connectivity index (χ1v) is 7.60. The Hall–Kier alpha value is -2.09. The first-order valence-electron chi connectivity index (χ1n) is 7.60. The van der Waals surface area contributed by atoms with Crippen LogP contribution >= 0.6 is 0 Å². The molecule has 132 valence electrons. The van der Waals surface area contributed by atoms with Gasteiger partial charge in [-0.2, -0.15) is 13.2 Å². The number of nitrogens with one attached hydrogen (secondary N) is 2. The van der Waals surface area contributed by atoms with Crippen molar-refractivity contribution < 1.29 is 27.9 Å². The standard InChI is InChI=1S/C16H19F3N2O3/c1-10-4-5-11(16(17,18)19)8-12(10)21-14(23)13(22)20-9-15(24)6-2-3-7-15/h4-5,8,24H,2-3,6-7,9H2,1H3,(H,20,22)(H,21,23). The molecule has 2 rings (SSSR count). The van der Waals surface area contributed by atoms with Crippen LogP contribution in [0.25, 0.3) is 0 Å². The van der Waals surface area contributed by atoms with E-state index >= 15 is 0 Å². The minimum Gasteiger partial charge on any atom is -0.388 e. The lowest BCUT2D eigenvalue weighted by atomic mass is 10.0. The van der Waals surface area contributed by atoms with Gasteiger partial charge in [0.05, 0.1) is 11.2 Å². The number of alkyl halides is 3. The van der Waals surface area contributed by atoms with E-state index in [1.807, 2.05) is 0 Å². The third kappa shape index (κ3) is 4.47.